The van der Waals surface area contributed by atoms with E-state index in [4.69, 9.17) is 23.2 Å². The van der Waals surface area contributed by atoms with Crippen molar-refractivity contribution in [3.8, 4) is 0 Å². The Hall–Kier alpha value is -0.290. The third-order valence-electron chi connectivity index (χ3n) is 3.71. The third kappa shape index (κ3) is 3.30. The molecule has 1 aliphatic rings. The average molecular weight is 336 g/mol. The molecular weight excluding hydrogens is 317 g/mol. The molecule has 2 rings (SSSR count). The summed E-state index contributed by atoms with van der Waals surface area (Å²) < 4.78 is 26.9. The van der Waals surface area contributed by atoms with E-state index < -0.39 is 10.0 Å². The molecule has 0 spiro atoms. The quantitative estimate of drug-likeness (QED) is 0.765. The minimum atomic E-state index is -3.51. The molecule has 0 aliphatic carbocycles. The van der Waals surface area contributed by atoms with Crippen molar-refractivity contribution in [1.82, 2.24) is 4.31 Å². The standard InChI is InChI=1S/C14H19Cl2NO2S/c1-2-3-11-6-7-17(10-11)20(18,19)14-8-12(9-15)4-5-13(14)16/h4-5,8,11H,2-3,6-7,9-10H2,1H3. The summed E-state index contributed by atoms with van der Waals surface area (Å²) in [5.41, 5.74) is 0.763. The summed E-state index contributed by atoms with van der Waals surface area (Å²) in [6.07, 6.45) is 3.09. The van der Waals surface area contributed by atoms with Gasteiger partial charge in [0.25, 0.3) is 0 Å². The highest BCUT2D eigenvalue weighted by molar-refractivity contribution is 7.89. The van der Waals surface area contributed by atoms with Gasteiger partial charge in [0.15, 0.2) is 0 Å². The largest absolute Gasteiger partial charge is 0.244 e. The van der Waals surface area contributed by atoms with Crippen molar-refractivity contribution in [1.29, 1.82) is 0 Å². The van der Waals surface area contributed by atoms with Crippen molar-refractivity contribution >= 4 is 33.2 Å². The number of nitrogens with zero attached hydrogens (tertiary/aromatic N) is 1. The Balaban J connectivity index is 2.27. The van der Waals surface area contributed by atoms with Gasteiger partial charge in [0, 0.05) is 19.0 Å². The summed E-state index contributed by atoms with van der Waals surface area (Å²) >= 11 is 11.8. The lowest BCUT2D eigenvalue weighted by atomic mass is 10.0. The molecule has 1 heterocycles. The maximum absolute atomic E-state index is 12.7. The molecule has 1 aromatic carbocycles. The second kappa shape index (κ2) is 6.65. The predicted molar refractivity (Wildman–Crippen MR) is 82.8 cm³/mol. The first-order chi connectivity index (χ1) is 9.48. The van der Waals surface area contributed by atoms with Gasteiger partial charge >= 0.3 is 0 Å². The maximum Gasteiger partial charge on any atom is 0.244 e. The molecule has 6 heteroatoms. The fraction of sp³-hybridized carbons (Fsp3) is 0.571. The van der Waals surface area contributed by atoms with E-state index in [1.54, 1.807) is 22.5 Å². The first-order valence-corrected chi connectivity index (χ1v) is 9.18. The first kappa shape index (κ1) is 16.1. The van der Waals surface area contributed by atoms with E-state index in [1.807, 2.05) is 0 Å². The molecule has 0 bridgehead atoms. The van der Waals surface area contributed by atoms with Crippen LogP contribution in [-0.4, -0.2) is 25.8 Å². The van der Waals surface area contributed by atoms with Crippen LogP contribution in [0, 0.1) is 5.92 Å². The van der Waals surface area contributed by atoms with Crippen molar-refractivity contribution < 1.29 is 8.42 Å². The molecule has 1 aliphatic heterocycles. The second-order valence-electron chi connectivity index (χ2n) is 5.20. The zero-order valence-corrected chi connectivity index (χ0v) is 13.8. The van der Waals surface area contributed by atoms with E-state index >= 15 is 0 Å². The van der Waals surface area contributed by atoms with Crippen molar-refractivity contribution in [2.45, 2.75) is 37.0 Å². The minimum absolute atomic E-state index is 0.175. The van der Waals surface area contributed by atoms with E-state index in [0.29, 0.717) is 19.0 Å². The predicted octanol–water partition coefficient (Wildman–Crippen LogP) is 3.89. The summed E-state index contributed by atoms with van der Waals surface area (Å²) in [5, 5.41) is 0.262. The molecule has 0 amide bonds. The molecule has 0 aromatic heterocycles. The highest BCUT2D eigenvalue weighted by Gasteiger charge is 2.33. The molecule has 1 fully saturated rings. The van der Waals surface area contributed by atoms with Gasteiger partial charge in [0.2, 0.25) is 10.0 Å². The van der Waals surface area contributed by atoms with Gasteiger partial charge in [-0.15, -0.1) is 11.6 Å². The van der Waals surface area contributed by atoms with Crippen LogP contribution in [0.1, 0.15) is 31.7 Å². The molecule has 1 saturated heterocycles. The van der Waals surface area contributed by atoms with Crippen LogP contribution in [-0.2, 0) is 15.9 Å². The fourth-order valence-electron chi connectivity index (χ4n) is 2.63. The monoisotopic (exact) mass is 335 g/mol. The lowest BCUT2D eigenvalue weighted by molar-refractivity contribution is 0.444. The molecule has 1 aromatic rings. The molecule has 1 atom stereocenters. The highest BCUT2D eigenvalue weighted by atomic mass is 35.5. The van der Waals surface area contributed by atoms with Gasteiger partial charge < -0.3 is 0 Å². The van der Waals surface area contributed by atoms with E-state index in [2.05, 4.69) is 6.92 Å². The fourth-order valence-corrected chi connectivity index (χ4v) is 4.85. The average Bonchev–Trinajstić information content (AvgIpc) is 2.89. The first-order valence-electron chi connectivity index (χ1n) is 6.83. The summed E-state index contributed by atoms with van der Waals surface area (Å²) in [6, 6.07) is 4.93. The number of sulfonamides is 1. The van der Waals surface area contributed by atoms with Gasteiger partial charge in [-0.2, -0.15) is 4.31 Å². The minimum Gasteiger partial charge on any atom is -0.207 e. The lowest BCUT2D eigenvalue weighted by Crippen LogP contribution is -2.29. The Kier molecular flexibility index (Phi) is 5.35. The molecule has 0 saturated carbocycles. The number of hydrogen-bond acceptors (Lipinski definition) is 2. The number of halogens is 2. The van der Waals surface area contributed by atoms with Gasteiger partial charge in [-0.25, -0.2) is 8.42 Å². The molecule has 0 N–H and O–H groups in total. The van der Waals surface area contributed by atoms with Gasteiger partial charge in [-0.05, 0) is 36.5 Å². The van der Waals surface area contributed by atoms with Crippen LogP contribution in [0.5, 0.6) is 0 Å². The van der Waals surface area contributed by atoms with Gasteiger partial charge in [-0.1, -0.05) is 31.0 Å². The van der Waals surface area contributed by atoms with Crippen LogP contribution in [0.3, 0.4) is 0 Å². The smallest absolute Gasteiger partial charge is 0.207 e. The Morgan fingerprint density at radius 1 is 1.40 bits per heavy atom. The van der Waals surface area contributed by atoms with Crippen LogP contribution in [0.4, 0.5) is 0 Å². The van der Waals surface area contributed by atoms with E-state index in [-0.39, 0.29) is 15.8 Å². The topological polar surface area (TPSA) is 37.4 Å². The molecule has 3 nitrogen and oxygen atoms in total. The van der Waals surface area contributed by atoms with Gasteiger partial charge in [-0.3, -0.25) is 0 Å². The Morgan fingerprint density at radius 3 is 2.80 bits per heavy atom. The Morgan fingerprint density at radius 2 is 2.15 bits per heavy atom. The molecule has 0 radical (unpaired) electrons. The Labute approximate surface area is 130 Å². The normalized spacial score (nSPS) is 20.4. The summed E-state index contributed by atoms with van der Waals surface area (Å²) in [6.45, 7) is 3.30. The van der Waals surface area contributed by atoms with Gasteiger partial charge in [0.05, 0.1) is 5.02 Å². The van der Waals surface area contributed by atoms with Gasteiger partial charge in [0.1, 0.15) is 4.90 Å². The second-order valence-corrected chi connectivity index (χ2v) is 7.79. The molecule has 20 heavy (non-hydrogen) atoms. The number of alkyl halides is 1. The zero-order valence-electron chi connectivity index (χ0n) is 11.5. The maximum atomic E-state index is 12.7. The van der Waals surface area contributed by atoms with Crippen molar-refractivity contribution in [2.24, 2.45) is 5.92 Å². The molecule has 1 unspecified atom stereocenters. The van der Waals surface area contributed by atoms with E-state index in [1.165, 1.54) is 0 Å². The Bertz CT molecular complexity index is 575. The molecular formula is C14H19Cl2NO2S. The summed E-state index contributed by atoms with van der Waals surface area (Å²) in [7, 11) is -3.51. The van der Waals surface area contributed by atoms with E-state index in [9.17, 15) is 8.42 Å². The van der Waals surface area contributed by atoms with Crippen LogP contribution in [0.25, 0.3) is 0 Å². The van der Waals surface area contributed by atoms with Crippen molar-refractivity contribution in [2.75, 3.05) is 13.1 Å². The number of benzene rings is 1. The highest BCUT2D eigenvalue weighted by Crippen LogP contribution is 2.31. The van der Waals surface area contributed by atoms with Crippen LogP contribution in [0.15, 0.2) is 23.1 Å². The van der Waals surface area contributed by atoms with Crippen LogP contribution in [0.2, 0.25) is 5.02 Å². The third-order valence-corrected chi connectivity index (χ3v) is 6.37. The summed E-state index contributed by atoms with van der Waals surface area (Å²) in [5.74, 6) is 0.739. The van der Waals surface area contributed by atoms with Crippen molar-refractivity contribution in [3.63, 3.8) is 0 Å². The summed E-state index contributed by atoms with van der Waals surface area (Å²) in [4.78, 5) is 0.175. The van der Waals surface area contributed by atoms with Crippen LogP contribution < -0.4 is 0 Å². The number of rotatable bonds is 5. The SMILES string of the molecule is CCCC1CCN(S(=O)(=O)c2cc(CCl)ccc2Cl)C1. The zero-order chi connectivity index (χ0) is 14.8. The number of hydrogen-bond donors (Lipinski definition) is 0. The van der Waals surface area contributed by atoms with Crippen molar-refractivity contribution in [3.05, 3.63) is 28.8 Å². The van der Waals surface area contributed by atoms with Crippen LogP contribution >= 0.6 is 23.2 Å². The lowest BCUT2D eigenvalue weighted by Gasteiger charge is -2.18. The van der Waals surface area contributed by atoms with E-state index in [0.717, 1.165) is 24.8 Å². The molecule has 112 valence electrons.